The van der Waals surface area contributed by atoms with E-state index in [9.17, 15) is 4.79 Å². The zero-order valence-corrected chi connectivity index (χ0v) is 17.3. The molecule has 0 fully saturated rings. The Balaban J connectivity index is 1.70. The highest BCUT2D eigenvalue weighted by atomic mass is 16.5. The number of rotatable bonds is 8. The van der Waals surface area contributed by atoms with Gasteiger partial charge < -0.3 is 19.5 Å². The molecule has 0 aliphatic rings. The highest BCUT2D eigenvalue weighted by Gasteiger charge is 2.21. The lowest BCUT2D eigenvalue weighted by molar-refractivity contribution is -0.128. The Labute approximate surface area is 171 Å². The van der Waals surface area contributed by atoms with E-state index >= 15 is 0 Å². The first-order valence-corrected chi connectivity index (χ1v) is 9.73. The SMILES string of the molecule is CC[C@H](Oc1ccc2ccccc2c1)C(=O)N[C@H](C)c1ccc(OC)c(OC)c1. The van der Waals surface area contributed by atoms with Gasteiger partial charge in [0.1, 0.15) is 5.75 Å². The molecule has 1 N–H and O–H groups in total. The summed E-state index contributed by atoms with van der Waals surface area (Å²) in [4.78, 5) is 12.8. The normalized spacial score (nSPS) is 12.8. The molecule has 5 heteroatoms. The predicted octanol–water partition coefficient (Wildman–Crippen LogP) is 4.89. The van der Waals surface area contributed by atoms with Crippen LogP contribution in [0.25, 0.3) is 10.8 Å². The van der Waals surface area contributed by atoms with Crippen LogP contribution in [-0.4, -0.2) is 26.2 Å². The van der Waals surface area contributed by atoms with Gasteiger partial charge in [0.05, 0.1) is 20.3 Å². The van der Waals surface area contributed by atoms with E-state index < -0.39 is 6.10 Å². The Bertz CT molecular complexity index is 986. The van der Waals surface area contributed by atoms with Gasteiger partial charge in [0.15, 0.2) is 17.6 Å². The van der Waals surface area contributed by atoms with E-state index in [2.05, 4.69) is 5.32 Å². The Hall–Kier alpha value is -3.21. The lowest BCUT2D eigenvalue weighted by Gasteiger charge is -2.21. The Morgan fingerprint density at radius 2 is 1.66 bits per heavy atom. The number of carbonyl (C=O) groups excluding carboxylic acids is 1. The summed E-state index contributed by atoms with van der Waals surface area (Å²) in [5.41, 5.74) is 0.927. The zero-order chi connectivity index (χ0) is 20.8. The van der Waals surface area contributed by atoms with Crippen molar-refractivity contribution in [1.82, 2.24) is 5.32 Å². The fraction of sp³-hybridized carbons (Fsp3) is 0.292. The quantitative estimate of drug-likeness (QED) is 0.592. The van der Waals surface area contributed by atoms with E-state index in [-0.39, 0.29) is 11.9 Å². The van der Waals surface area contributed by atoms with Gasteiger partial charge in [-0.05, 0) is 53.9 Å². The van der Waals surface area contributed by atoms with Gasteiger partial charge in [-0.15, -0.1) is 0 Å². The summed E-state index contributed by atoms with van der Waals surface area (Å²) in [6, 6.07) is 19.3. The van der Waals surface area contributed by atoms with Crippen molar-refractivity contribution in [3.63, 3.8) is 0 Å². The molecule has 0 unspecified atom stereocenters. The Morgan fingerprint density at radius 3 is 2.34 bits per heavy atom. The summed E-state index contributed by atoms with van der Waals surface area (Å²) in [6.07, 6.45) is -0.00382. The van der Waals surface area contributed by atoms with Crippen molar-refractivity contribution >= 4 is 16.7 Å². The van der Waals surface area contributed by atoms with Crippen molar-refractivity contribution in [3.05, 3.63) is 66.2 Å². The summed E-state index contributed by atoms with van der Waals surface area (Å²) >= 11 is 0. The molecule has 29 heavy (non-hydrogen) atoms. The van der Waals surface area contributed by atoms with Crippen LogP contribution >= 0.6 is 0 Å². The fourth-order valence-corrected chi connectivity index (χ4v) is 3.24. The third-order valence-electron chi connectivity index (χ3n) is 4.93. The largest absolute Gasteiger partial charge is 0.493 e. The van der Waals surface area contributed by atoms with Gasteiger partial charge in [0, 0.05) is 0 Å². The molecular weight excluding hydrogens is 366 g/mol. The highest BCUT2D eigenvalue weighted by molar-refractivity contribution is 5.84. The van der Waals surface area contributed by atoms with Gasteiger partial charge in [0.25, 0.3) is 5.91 Å². The van der Waals surface area contributed by atoms with Crippen LogP contribution < -0.4 is 19.5 Å². The molecule has 0 saturated carbocycles. The fourth-order valence-electron chi connectivity index (χ4n) is 3.24. The molecule has 1 amide bonds. The van der Waals surface area contributed by atoms with Crippen molar-refractivity contribution in [2.75, 3.05) is 14.2 Å². The number of benzene rings is 3. The number of ether oxygens (including phenoxy) is 3. The monoisotopic (exact) mass is 393 g/mol. The number of hydrogen-bond acceptors (Lipinski definition) is 4. The van der Waals surface area contributed by atoms with Crippen LogP contribution in [0.3, 0.4) is 0 Å². The molecule has 0 heterocycles. The smallest absolute Gasteiger partial charge is 0.261 e. The second kappa shape index (κ2) is 9.32. The average molecular weight is 393 g/mol. The van der Waals surface area contributed by atoms with Crippen molar-refractivity contribution in [1.29, 1.82) is 0 Å². The molecule has 0 spiro atoms. The average Bonchev–Trinajstić information content (AvgIpc) is 2.76. The topological polar surface area (TPSA) is 56.8 Å². The van der Waals surface area contributed by atoms with E-state index in [1.165, 1.54) is 0 Å². The molecule has 0 aromatic heterocycles. The molecule has 0 aliphatic heterocycles. The minimum absolute atomic E-state index is 0.150. The maximum absolute atomic E-state index is 12.8. The van der Waals surface area contributed by atoms with Gasteiger partial charge in [0.2, 0.25) is 0 Å². The molecule has 3 aromatic carbocycles. The summed E-state index contributed by atoms with van der Waals surface area (Å²) < 4.78 is 16.6. The molecule has 152 valence electrons. The summed E-state index contributed by atoms with van der Waals surface area (Å²) in [5, 5.41) is 5.25. The first-order valence-electron chi connectivity index (χ1n) is 9.73. The third kappa shape index (κ3) is 4.80. The molecular formula is C24H27NO4. The van der Waals surface area contributed by atoms with Gasteiger partial charge in [-0.3, -0.25) is 4.79 Å². The molecule has 0 aliphatic carbocycles. The molecule has 3 rings (SSSR count). The van der Waals surface area contributed by atoms with Crippen LogP contribution in [0.5, 0.6) is 17.2 Å². The maximum atomic E-state index is 12.8. The number of amides is 1. The first kappa shape index (κ1) is 20.5. The molecule has 5 nitrogen and oxygen atoms in total. The minimum atomic E-state index is -0.571. The number of methoxy groups -OCH3 is 2. The molecule has 2 atom stereocenters. The van der Waals surface area contributed by atoms with Crippen LogP contribution in [0.1, 0.15) is 31.9 Å². The second-order valence-corrected chi connectivity index (χ2v) is 6.87. The Morgan fingerprint density at radius 1 is 0.931 bits per heavy atom. The summed E-state index contributed by atoms with van der Waals surface area (Å²) in [7, 11) is 3.19. The number of fused-ring (bicyclic) bond motifs is 1. The zero-order valence-electron chi connectivity index (χ0n) is 17.3. The van der Waals surface area contributed by atoms with Gasteiger partial charge in [-0.2, -0.15) is 0 Å². The lowest BCUT2D eigenvalue weighted by atomic mass is 10.1. The van der Waals surface area contributed by atoms with Crippen molar-refractivity contribution < 1.29 is 19.0 Å². The summed E-state index contributed by atoms with van der Waals surface area (Å²) in [6.45, 7) is 3.87. The maximum Gasteiger partial charge on any atom is 0.261 e. The first-order chi connectivity index (χ1) is 14.0. The third-order valence-corrected chi connectivity index (χ3v) is 4.93. The summed E-state index contributed by atoms with van der Waals surface area (Å²) in [5.74, 6) is 1.82. The highest BCUT2D eigenvalue weighted by Crippen LogP contribution is 2.30. The van der Waals surface area contributed by atoms with Crippen LogP contribution in [0.4, 0.5) is 0 Å². The molecule has 0 radical (unpaired) electrons. The minimum Gasteiger partial charge on any atom is -0.493 e. The van der Waals surface area contributed by atoms with Crippen molar-refractivity contribution in [2.45, 2.75) is 32.4 Å². The molecule has 3 aromatic rings. The number of hydrogen-bond donors (Lipinski definition) is 1. The number of carbonyl (C=O) groups is 1. The molecule has 0 bridgehead atoms. The van der Waals surface area contributed by atoms with Gasteiger partial charge in [-0.1, -0.05) is 43.3 Å². The van der Waals surface area contributed by atoms with Crippen LogP contribution in [0, 0.1) is 0 Å². The van der Waals surface area contributed by atoms with E-state index in [1.807, 2.05) is 74.5 Å². The van der Waals surface area contributed by atoms with Crippen LogP contribution in [-0.2, 0) is 4.79 Å². The molecule has 0 saturated heterocycles. The second-order valence-electron chi connectivity index (χ2n) is 6.87. The van der Waals surface area contributed by atoms with E-state index in [0.717, 1.165) is 16.3 Å². The van der Waals surface area contributed by atoms with E-state index in [1.54, 1.807) is 14.2 Å². The Kier molecular flexibility index (Phi) is 6.60. The van der Waals surface area contributed by atoms with E-state index in [0.29, 0.717) is 23.7 Å². The van der Waals surface area contributed by atoms with Crippen molar-refractivity contribution in [2.24, 2.45) is 0 Å². The van der Waals surface area contributed by atoms with Crippen molar-refractivity contribution in [3.8, 4) is 17.2 Å². The van der Waals surface area contributed by atoms with Gasteiger partial charge in [-0.25, -0.2) is 0 Å². The van der Waals surface area contributed by atoms with Crippen LogP contribution in [0.2, 0.25) is 0 Å². The van der Waals surface area contributed by atoms with Crippen LogP contribution in [0.15, 0.2) is 60.7 Å². The van der Waals surface area contributed by atoms with E-state index in [4.69, 9.17) is 14.2 Å². The standard InChI is InChI=1S/C24H27NO4/c1-5-21(29-20-12-10-17-8-6-7-9-19(17)14-20)24(26)25-16(2)18-11-13-22(27-3)23(15-18)28-4/h6-16,21H,5H2,1-4H3,(H,25,26)/t16-,21+/m1/s1. The number of nitrogens with one attached hydrogen (secondary N) is 1. The predicted molar refractivity (Wildman–Crippen MR) is 115 cm³/mol. The van der Waals surface area contributed by atoms with Gasteiger partial charge >= 0.3 is 0 Å². The lowest BCUT2D eigenvalue weighted by Crippen LogP contribution is -2.39.